The Labute approximate surface area is 238 Å². The summed E-state index contributed by atoms with van der Waals surface area (Å²) in [6, 6.07) is 3.73. The van der Waals surface area contributed by atoms with E-state index in [2.05, 4.69) is 17.6 Å². The van der Waals surface area contributed by atoms with Crippen molar-refractivity contribution in [2.75, 3.05) is 32.2 Å². The van der Waals surface area contributed by atoms with Crippen molar-refractivity contribution in [2.24, 2.45) is 0 Å². The van der Waals surface area contributed by atoms with Gasteiger partial charge in [-0.3, -0.25) is 14.4 Å². The zero-order chi connectivity index (χ0) is 29.6. The van der Waals surface area contributed by atoms with E-state index < -0.39 is 35.7 Å². The summed E-state index contributed by atoms with van der Waals surface area (Å²) in [6.07, 6.45) is 5.20. The standard InChI is InChI=1S/C29H47N3O6S/c1-9-10-11-12-17-32(27(35)23(16-18-39-8)31-28(36)38-29(4,5)6)25(26(34)30-19-24(33)37-7)22-15-13-14-20(2)21(22)3/h13-15,23,25H,9-12,16-19H2,1-8H3,(H,30,34)(H,31,36). The molecule has 9 nitrogen and oxygen atoms in total. The van der Waals surface area contributed by atoms with E-state index in [1.165, 1.54) is 7.11 Å². The molecule has 0 aromatic heterocycles. The van der Waals surface area contributed by atoms with Crippen molar-refractivity contribution in [3.8, 4) is 0 Å². The minimum Gasteiger partial charge on any atom is -0.468 e. The molecule has 1 aromatic carbocycles. The summed E-state index contributed by atoms with van der Waals surface area (Å²) in [5.41, 5.74) is 1.79. The lowest BCUT2D eigenvalue weighted by Gasteiger charge is -2.35. The van der Waals surface area contributed by atoms with Crippen molar-refractivity contribution >= 4 is 35.6 Å². The molecule has 2 unspecified atom stereocenters. The number of nitrogens with zero attached hydrogens (tertiary/aromatic N) is 1. The predicted octanol–water partition coefficient (Wildman–Crippen LogP) is 4.69. The van der Waals surface area contributed by atoms with Gasteiger partial charge in [-0.15, -0.1) is 0 Å². The Morgan fingerprint density at radius 2 is 1.77 bits per heavy atom. The number of thioether (sulfide) groups is 1. The van der Waals surface area contributed by atoms with Crippen LogP contribution < -0.4 is 10.6 Å². The molecule has 10 heteroatoms. The number of ether oxygens (including phenoxy) is 2. The molecule has 0 fully saturated rings. The van der Waals surface area contributed by atoms with Crippen LogP contribution in [0.1, 0.15) is 82.5 Å². The number of carbonyl (C=O) groups excluding carboxylic acids is 4. The van der Waals surface area contributed by atoms with Crippen molar-refractivity contribution in [1.29, 1.82) is 0 Å². The van der Waals surface area contributed by atoms with E-state index in [0.29, 0.717) is 30.7 Å². The van der Waals surface area contributed by atoms with Gasteiger partial charge in [0, 0.05) is 6.54 Å². The van der Waals surface area contributed by atoms with E-state index in [-0.39, 0.29) is 12.5 Å². The first-order chi connectivity index (χ1) is 18.4. The van der Waals surface area contributed by atoms with Crippen LogP contribution >= 0.6 is 11.8 Å². The molecule has 1 rings (SSSR count). The number of nitrogens with one attached hydrogen (secondary N) is 2. The van der Waals surface area contributed by atoms with Gasteiger partial charge in [-0.25, -0.2) is 4.79 Å². The normalized spacial score (nSPS) is 12.7. The number of rotatable bonds is 15. The van der Waals surface area contributed by atoms with Crippen LogP contribution in [0, 0.1) is 13.8 Å². The Morgan fingerprint density at radius 1 is 1.08 bits per heavy atom. The Balaban J connectivity index is 3.55. The first-order valence-corrected chi connectivity index (χ1v) is 14.9. The summed E-state index contributed by atoms with van der Waals surface area (Å²) in [6.45, 7) is 11.2. The molecule has 0 saturated heterocycles. The molecule has 0 spiro atoms. The van der Waals surface area contributed by atoms with Gasteiger partial charge < -0.3 is 25.0 Å². The number of hydrogen-bond acceptors (Lipinski definition) is 7. The second-order valence-electron chi connectivity index (χ2n) is 10.6. The molecule has 0 aliphatic rings. The number of unbranched alkanes of at least 4 members (excludes halogenated alkanes) is 3. The Hall–Kier alpha value is -2.75. The lowest BCUT2D eigenvalue weighted by molar-refractivity contribution is -0.144. The lowest BCUT2D eigenvalue weighted by atomic mass is 9.94. The van der Waals surface area contributed by atoms with Crippen LogP contribution in [0.15, 0.2) is 18.2 Å². The average molecular weight is 566 g/mol. The molecule has 1 aromatic rings. The molecular formula is C29H47N3O6S. The van der Waals surface area contributed by atoms with Crippen LogP contribution in [0.4, 0.5) is 4.79 Å². The van der Waals surface area contributed by atoms with E-state index in [4.69, 9.17) is 9.47 Å². The molecule has 2 N–H and O–H groups in total. The third-order valence-electron chi connectivity index (χ3n) is 6.27. The first kappa shape index (κ1) is 34.3. The number of amides is 3. The molecule has 39 heavy (non-hydrogen) atoms. The molecule has 0 radical (unpaired) electrons. The predicted molar refractivity (Wildman–Crippen MR) is 156 cm³/mol. The summed E-state index contributed by atoms with van der Waals surface area (Å²) in [5.74, 6) is -0.823. The number of esters is 1. The fourth-order valence-corrected chi connectivity index (χ4v) is 4.54. The minimum atomic E-state index is -0.999. The van der Waals surface area contributed by atoms with Crippen molar-refractivity contribution in [3.05, 3.63) is 34.9 Å². The Morgan fingerprint density at radius 3 is 2.36 bits per heavy atom. The van der Waals surface area contributed by atoms with E-state index in [0.717, 1.165) is 30.4 Å². The van der Waals surface area contributed by atoms with Gasteiger partial charge in [0.15, 0.2) is 0 Å². The van der Waals surface area contributed by atoms with Gasteiger partial charge in [0.2, 0.25) is 11.8 Å². The highest BCUT2D eigenvalue weighted by molar-refractivity contribution is 7.98. The molecule has 3 amide bonds. The fourth-order valence-electron chi connectivity index (χ4n) is 4.07. The van der Waals surface area contributed by atoms with E-state index in [1.807, 2.05) is 38.3 Å². The fraction of sp³-hybridized carbons (Fsp3) is 0.655. The molecule has 0 aliphatic carbocycles. The first-order valence-electron chi connectivity index (χ1n) is 13.6. The van der Waals surface area contributed by atoms with Gasteiger partial charge in [-0.1, -0.05) is 44.4 Å². The van der Waals surface area contributed by atoms with Crippen LogP contribution in [0.2, 0.25) is 0 Å². The summed E-state index contributed by atoms with van der Waals surface area (Å²) < 4.78 is 10.1. The molecule has 0 heterocycles. The summed E-state index contributed by atoms with van der Waals surface area (Å²) in [5, 5.41) is 5.40. The summed E-state index contributed by atoms with van der Waals surface area (Å²) in [7, 11) is 1.25. The van der Waals surface area contributed by atoms with Crippen LogP contribution in [-0.4, -0.2) is 72.6 Å². The van der Waals surface area contributed by atoms with Crippen molar-refractivity contribution < 1.29 is 28.7 Å². The maximum atomic E-state index is 14.2. The lowest BCUT2D eigenvalue weighted by Crippen LogP contribution is -2.53. The molecule has 0 bridgehead atoms. The molecule has 2 atom stereocenters. The van der Waals surface area contributed by atoms with Crippen LogP contribution in [0.25, 0.3) is 0 Å². The monoisotopic (exact) mass is 565 g/mol. The highest BCUT2D eigenvalue weighted by Crippen LogP contribution is 2.28. The van der Waals surface area contributed by atoms with Gasteiger partial charge >= 0.3 is 12.1 Å². The van der Waals surface area contributed by atoms with Crippen LogP contribution in [0.5, 0.6) is 0 Å². The molecule has 220 valence electrons. The second-order valence-corrected chi connectivity index (χ2v) is 11.5. The largest absolute Gasteiger partial charge is 0.468 e. The highest BCUT2D eigenvalue weighted by Gasteiger charge is 2.36. The topological polar surface area (TPSA) is 114 Å². The van der Waals surface area contributed by atoms with Gasteiger partial charge in [-0.2, -0.15) is 11.8 Å². The Bertz CT molecular complexity index is 963. The third kappa shape index (κ3) is 11.9. The van der Waals surface area contributed by atoms with Gasteiger partial charge in [0.25, 0.3) is 0 Å². The Kier molecular flexibility index (Phi) is 15.0. The van der Waals surface area contributed by atoms with Crippen molar-refractivity contribution in [1.82, 2.24) is 15.5 Å². The van der Waals surface area contributed by atoms with Crippen molar-refractivity contribution in [3.63, 3.8) is 0 Å². The van der Waals surface area contributed by atoms with Crippen LogP contribution in [0.3, 0.4) is 0 Å². The number of hydrogen-bond donors (Lipinski definition) is 2. The maximum Gasteiger partial charge on any atom is 0.408 e. The maximum absolute atomic E-state index is 14.2. The van der Waals surface area contributed by atoms with Crippen molar-refractivity contribution in [2.45, 2.75) is 91.3 Å². The second kappa shape index (κ2) is 17.0. The molecule has 0 aliphatic heterocycles. The van der Waals surface area contributed by atoms with E-state index >= 15 is 0 Å². The number of aryl methyl sites for hydroxylation is 1. The number of benzene rings is 1. The zero-order valence-electron chi connectivity index (χ0n) is 24.8. The highest BCUT2D eigenvalue weighted by atomic mass is 32.2. The summed E-state index contributed by atoms with van der Waals surface area (Å²) in [4.78, 5) is 54.0. The number of carbonyl (C=O) groups is 4. The zero-order valence-corrected chi connectivity index (χ0v) is 25.7. The van der Waals surface area contributed by atoms with Gasteiger partial charge in [0.1, 0.15) is 24.2 Å². The quantitative estimate of drug-likeness (QED) is 0.234. The van der Waals surface area contributed by atoms with Crippen LogP contribution in [-0.2, 0) is 23.9 Å². The van der Waals surface area contributed by atoms with Gasteiger partial charge in [0.05, 0.1) is 7.11 Å². The van der Waals surface area contributed by atoms with E-state index in [1.54, 1.807) is 37.4 Å². The SMILES string of the molecule is CCCCCCN(C(=O)C(CCSC)NC(=O)OC(C)(C)C)C(C(=O)NCC(=O)OC)c1cccc(C)c1C. The smallest absolute Gasteiger partial charge is 0.408 e. The molecule has 0 saturated carbocycles. The van der Waals surface area contributed by atoms with E-state index in [9.17, 15) is 19.2 Å². The minimum absolute atomic E-state index is 0.314. The summed E-state index contributed by atoms with van der Waals surface area (Å²) >= 11 is 1.56. The van der Waals surface area contributed by atoms with Gasteiger partial charge in [-0.05, 0) is 76.2 Å². The number of methoxy groups -OCH3 is 1. The third-order valence-corrected chi connectivity index (χ3v) is 6.92. The average Bonchev–Trinajstić information content (AvgIpc) is 2.87. The number of alkyl carbamates (subject to hydrolysis) is 1. The molecular weight excluding hydrogens is 518 g/mol.